The Hall–Kier alpha value is -3.02. The van der Waals surface area contributed by atoms with Crippen molar-refractivity contribution in [1.29, 1.82) is 0 Å². The third kappa shape index (κ3) is 5.23. The molecule has 142 valence electrons. The highest BCUT2D eigenvalue weighted by molar-refractivity contribution is 6.39. The molecule has 1 aliphatic rings. The lowest BCUT2D eigenvalue weighted by molar-refractivity contribution is -0.136. The molecule has 2 aromatic carbocycles. The van der Waals surface area contributed by atoms with E-state index in [9.17, 15) is 9.59 Å². The number of benzene rings is 2. The molecule has 6 nitrogen and oxygen atoms in total. The molecule has 0 spiro atoms. The van der Waals surface area contributed by atoms with Gasteiger partial charge in [-0.25, -0.2) is 0 Å². The molecule has 0 bridgehead atoms. The average Bonchev–Trinajstić information content (AvgIpc) is 3.23. The first-order chi connectivity index (χ1) is 13.2. The van der Waals surface area contributed by atoms with E-state index in [-0.39, 0.29) is 0 Å². The van der Waals surface area contributed by atoms with Crippen LogP contribution in [-0.2, 0) is 16.0 Å². The lowest BCUT2D eigenvalue weighted by Crippen LogP contribution is -2.36. The van der Waals surface area contributed by atoms with E-state index in [1.807, 2.05) is 0 Å². The molecule has 27 heavy (non-hydrogen) atoms. The third-order valence-electron chi connectivity index (χ3n) is 4.64. The number of anilines is 2. The van der Waals surface area contributed by atoms with Crippen molar-refractivity contribution in [3.63, 3.8) is 0 Å². The van der Waals surface area contributed by atoms with Gasteiger partial charge in [-0.05, 0) is 49.1 Å². The molecule has 1 aliphatic heterocycles. The normalized spacial score (nSPS) is 13.3. The summed E-state index contributed by atoms with van der Waals surface area (Å²) in [6.45, 7) is 2.66. The number of nitrogens with one attached hydrogen (secondary N) is 2. The van der Waals surface area contributed by atoms with Crippen LogP contribution in [0.3, 0.4) is 0 Å². The molecular weight excluding hydrogens is 342 g/mol. The molecule has 6 heteroatoms. The van der Waals surface area contributed by atoms with E-state index in [1.54, 1.807) is 31.4 Å². The quantitative estimate of drug-likeness (QED) is 0.770. The molecular formula is C21H25N3O3. The van der Waals surface area contributed by atoms with Crippen molar-refractivity contribution in [2.75, 3.05) is 37.0 Å². The minimum Gasteiger partial charge on any atom is -0.497 e. The summed E-state index contributed by atoms with van der Waals surface area (Å²) >= 11 is 0. The topological polar surface area (TPSA) is 70.7 Å². The van der Waals surface area contributed by atoms with Gasteiger partial charge in [-0.1, -0.05) is 18.2 Å². The van der Waals surface area contributed by atoms with Crippen molar-refractivity contribution in [1.82, 2.24) is 5.32 Å². The number of hydrogen-bond donors (Lipinski definition) is 2. The van der Waals surface area contributed by atoms with Gasteiger partial charge in [-0.15, -0.1) is 0 Å². The molecule has 3 rings (SSSR count). The van der Waals surface area contributed by atoms with Gasteiger partial charge in [0, 0.05) is 37.1 Å². The van der Waals surface area contributed by atoms with Crippen LogP contribution in [0, 0.1) is 0 Å². The predicted molar refractivity (Wildman–Crippen MR) is 106 cm³/mol. The van der Waals surface area contributed by atoms with Gasteiger partial charge in [0.1, 0.15) is 5.75 Å². The number of ether oxygens (including phenoxy) is 1. The summed E-state index contributed by atoms with van der Waals surface area (Å²) in [5.74, 6) is -0.718. The molecule has 1 heterocycles. The highest BCUT2D eigenvalue weighted by Crippen LogP contribution is 2.20. The lowest BCUT2D eigenvalue weighted by atomic mass is 10.1. The summed E-state index contributed by atoms with van der Waals surface area (Å²) in [6, 6.07) is 15.3. The van der Waals surface area contributed by atoms with Crippen LogP contribution in [0.5, 0.6) is 5.75 Å². The van der Waals surface area contributed by atoms with Gasteiger partial charge in [0.15, 0.2) is 0 Å². The monoisotopic (exact) mass is 367 g/mol. The molecule has 0 unspecified atom stereocenters. The molecule has 0 saturated carbocycles. The van der Waals surface area contributed by atoms with Crippen LogP contribution >= 0.6 is 0 Å². The van der Waals surface area contributed by atoms with E-state index in [0.717, 1.165) is 18.7 Å². The van der Waals surface area contributed by atoms with E-state index in [4.69, 9.17) is 4.74 Å². The maximum atomic E-state index is 12.0. The summed E-state index contributed by atoms with van der Waals surface area (Å²) in [5.41, 5.74) is 2.90. The number of carbonyl (C=O) groups excluding carboxylic acids is 2. The zero-order chi connectivity index (χ0) is 19.1. The molecule has 0 atom stereocenters. The summed E-state index contributed by atoms with van der Waals surface area (Å²) < 4.78 is 5.10. The Bertz CT molecular complexity index is 784. The largest absolute Gasteiger partial charge is 0.497 e. The minimum absolute atomic E-state index is 0.410. The van der Waals surface area contributed by atoms with Crippen LogP contribution in [0.2, 0.25) is 0 Å². The SMILES string of the molecule is COc1cccc(NC(=O)C(=O)NCCc2ccc(N3CCCC3)cc2)c1. The van der Waals surface area contributed by atoms with Crippen molar-refractivity contribution in [3.8, 4) is 5.75 Å². The van der Waals surface area contributed by atoms with Crippen LogP contribution in [0.25, 0.3) is 0 Å². The number of nitrogens with zero attached hydrogens (tertiary/aromatic N) is 1. The second-order valence-electron chi connectivity index (χ2n) is 6.55. The number of amides is 2. The van der Waals surface area contributed by atoms with Crippen molar-refractivity contribution < 1.29 is 14.3 Å². The Morgan fingerprint density at radius 1 is 1.04 bits per heavy atom. The first kappa shape index (κ1) is 18.8. The van der Waals surface area contributed by atoms with E-state index < -0.39 is 11.8 Å². The molecule has 0 aromatic heterocycles. The maximum Gasteiger partial charge on any atom is 0.313 e. The number of hydrogen-bond acceptors (Lipinski definition) is 4. The van der Waals surface area contributed by atoms with Gasteiger partial charge in [0.2, 0.25) is 0 Å². The first-order valence-corrected chi connectivity index (χ1v) is 9.23. The standard InChI is InChI=1S/C21H25N3O3/c1-27-19-6-4-5-17(15-19)23-21(26)20(25)22-12-11-16-7-9-18(10-8-16)24-13-2-3-14-24/h4-10,15H,2-3,11-14H2,1H3,(H,22,25)(H,23,26). The van der Waals surface area contributed by atoms with Gasteiger partial charge in [0.05, 0.1) is 7.11 Å². The summed E-state index contributed by atoms with van der Waals surface area (Å²) in [4.78, 5) is 26.3. The number of rotatable bonds is 6. The van der Waals surface area contributed by atoms with Gasteiger partial charge in [0.25, 0.3) is 0 Å². The molecule has 2 aromatic rings. The second-order valence-corrected chi connectivity index (χ2v) is 6.55. The zero-order valence-corrected chi connectivity index (χ0v) is 15.5. The Morgan fingerprint density at radius 3 is 2.48 bits per heavy atom. The first-order valence-electron chi connectivity index (χ1n) is 9.23. The fourth-order valence-corrected chi connectivity index (χ4v) is 3.14. The summed E-state index contributed by atoms with van der Waals surface area (Å²) in [7, 11) is 1.55. The smallest absolute Gasteiger partial charge is 0.313 e. The highest BCUT2D eigenvalue weighted by atomic mass is 16.5. The van der Waals surface area contributed by atoms with E-state index in [1.165, 1.54) is 18.5 Å². The summed E-state index contributed by atoms with van der Waals surface area (Å²) in [6.07, 6.45) is 3.19. The Morgan fingerprint density at radius 2 is 1.78 bits per heavy atom. The van der Waals surface area contributed by atoms with Crippen molar-refractivity contribution in [3.05, 3.63) is 54.1 Å². The molecule has 2 amide bonds. The summed E-state index contributed by atoms with van der Waals surface area (Å²) in [5, 5.41) is 5.22. The van der Waals surface area contributed by atoms with E-state index in [0.29, 0.717) is 24.4 Å². The van der Waals surface area contributed by atoms with Crippen LogP contribution in [-0.4, -0.2) is 38.6 Å². The zero-order valence-electron chi connectivity index (χ0n) is 15.5. The molecule has 0 radical (unpaired) electrons. The molecule has 0 aliphatic carbocycles. The fraction of sp³-hybridized carbons (Fsp3) is 0.333. The highest BCUT2D eigenvalue weighted by Gasteiger charge is 2.14. The number of methoxy groups -OCH3 is 1. The van der Waals surface area contributed by atoms with E-state index >= 15 is 0 Å². The van der Waals surface area contributed by atoms with Crippen molar-refractivity contribution in [2.45, 2.75) is 19.3 Å². The molecule has 1 saturated heterocycles. The maximum absolute atomic E-state index is 12.0. The predicted octanol–water partition coefficient (Wildman–Crippen LogP) is 2.59. The fourth-order valence-electron chi connectivity index (χ4n) is 3.14. The van der Waals surface area contributed by atoms with Gasteiger partial charge < -0.3 is 20.3 Å². The van der Waals surface area contributed by atoms with Gasteiger partial charge in [-0.2, -0.15) is 0 Å². The van der Waals surface area contributed by atoms with Crippen molar-refractivity contribution in [2.24, 2.45) is 0 Å². The Balaban J connectivity index is 1.43. The lowest BCUT2D eigenvalue weighted by Gasteiger charge is -2.17. The van der Waals surface area contributed by atoms with Crippen LogP contribution in [0.15, 0.2) is 48.5 Å². The van der Waals surface area contributed by atoms with Crippen LogP contribution < -0.4 is 20.3 Å². The van der Waals surface area contributed by atoms with E-state index in [2.05, 4.69) is 39.8 Å². The number of carbonyl (C=O) groups is 2. The minimum atomic E-state index is -0.687. The second kappa shape index (κ2) is 9.07. The Kier molecular flexibility index (Phi) is 6.30. The van der Waals surface area contributed by atoms with Gasteiger partial charge >= 0.3 is 11.8 Å². The van der Waals surface area contributed by atoms with Crippen LogP contribution in [0.4, 0.5) is 11.4 Å². The molecule has 2 N–H and O–H groups in total. The third-order valence-corrected chi connectivity index (χ3v) is 4.64. The average molecular weight is 367 g/mol. The molecule has 1 fully saturated rings. The van der Waals surface area contributed by atoms with Gasteiger partial charge in [-0.3, -0.25) is 9.59 Å². The van der Waals surface area contributed by atoms with Crippen LogP contribution in [0.1, 0.15) is 18.4 Å². The van der Waals surface area contributed by atoms with Crippen molar-refractivity contribution >= 4 is 23.2 Å². The Labute approximate surface area is 159 Å².